The predicted molar refractivity (Wildman–Crippen MR) is 79.6 cm³/mol. The van der Waals surface area contributed by atoms with Crippen molar-refractivity contribution < 1.29 is 0 Å². The topological polar surface area (TPSA) is 40.7 Å². The first-order valence-corrected chi connectivity index (χ1v) is 6.53. The molecule has 0 aliphatic rings. The summed E-state index contributed by atoms with van der Waals surface area (Å²) >= 11 is 6.08. The lowest BCUT2D eigenvalue weighted by Crippen LogP contribution is -2.01. The molecule has 0 saturated carbocycles. The molecule has 2 aromatic heterocycles. The summed E-state index contributed by atoms with van der Waals surface area (Å²) in [6, 6.07) is 10.3. The number of hydrogen-bond acceptors (Lipinski definition) is 2. The zero-order chi connectivity index (χ0) is 13.2. The Morgan fingerprint density at radius 2 is 2.21 bits per heavy atom. The van der Waals surface area contributed by atoms with E-state index in [1.54, 1.807) is 6.20 Å². The molecule has 1 aromatic carbocycles. The molecule has 0 saturated heterocycles. The van der Waals surface area contributed by atoms with Gasteiger partial charge in [0.05, 0.1) is 11.2 Å². The fraction of sp³-hybridized carbons (Fsp3) is 0.133. The summed E-state index contributed by atoms with van der Waals surface area (Å²) in [4.78, 5) is 7.40. The van der Waals surface area contributed by atoms with Gasteiger partial charge >= 0.3 is 0 Å². The van der Waals surface area contributed by atoms with E-state index >= 15 is 0 Å². The molecule has 0 spiro atoms. The Morgan fingerprint density at radius 1 is 1.32 bits per heavy atom. The second kappa shape index (κ2) is 4.94. The van der Waals surface area contributed by atoms with Crippen LogP contribution in [0.3, 0.4) is 0 Å². The smallest absolute Gasteiger partial charge is 0.152 e. The molecule has 0 atom stereocenters. The number of anilines is 1. The first kappa shape index (κ1) is 12.1. The van der Waals surface area contributed by atoms with Gasteiger partial charge in [-0.05, 0) is 35.6 Å². The van der Waals surface area contributed by atoms with Crippen LogP contribution in [0.2, 0.25) is 5.15 Å². The van der Waals surface area contributed by atoms with Gasteiger partial charge in [0.25, 0.3) is 0 Å². The van der Waals surface area contributed by atoms with Crippen LogP contribution in [0.25, 0.3) is 10.9 Å². The van der Waals surface area contributed by atoms with E-state index in [9.17, 15) is 0 Å². The lowest BCUT2D eigenvalue weighted by molar-refractivity contribution is 1.14. The summed E-state index contributed by atoms with van der Waals surface area (Å²) in [5.41, 5.74) is 4.32. The number of nitrogens with zero attached hydrogens (tertiary/aromatic N) is 1. The maximum Gasteiger partial charge on any atom is 0.152 e. The number of para-hydroxylation sites is 1. The van der Waals surface area contributed by atoms with Gasteiger partial charge in [0, 0.05) is 18.9 Å². The molecule has 96 valence electrons. The van der Waals surface area contributed by atoms with Gasteiger partial charge in [0.15, 0.2) is 5.15 Å². The second-order valence-corrected chi connectivity index (χ2v) is 4.92. The summed E-state index contributed by atoms with van der Waals surface area (Å²) < 4.78 is 0. The number of aryl methyl sites for hydroxylation is 1. The van der Waals surface area contributed by atoms with E-state index in [1.165, 1.54) is 10.9 Å². The van der Waals surface area contributed by atoms with Crippen molar-refractivity contribution in [3.05, 3.63) is 59.0 Å². The van der Waals surface area contributed by atoms with Crippen molar-refractivity contribution in [2.24, 2.45) is 0 Å². The summed E-state index contributed by atoms with van der Waals surface area (Å²) in [5, 5.41) is 5.06. The highest BCUT2D eigenvalue weighted by atomic mass is 35.5. The van der Waals surface area contributed by atoms with E-state index in [2.05, 4.69) is 39.6 Å². The minimum absolute atomic E-state index is 0.504. The Morgan fingerprint density at radius 3 is 3.11 bits per heavy atom. The second-order valence-electron chi connectivity index (χ2n) is 4.56. The zero-order valence-electron chi connectivity index (χ0n) is 10.6. The first-order chi connectivity index (χ1) is 9.24. The molecule has 2 heterocycles. The van der Waals surface area contributed by atoms with Crippen LogP contribution in [-0.2, 0) is 6.54 Å². The van der Waals surface area contributed by atoms with Gasteiger partial charge in [-0.3, -0.25) is 0 Å². The average molecular weight is 272 g/mol. The van der Waals surface area contributed by atoms with Gasteiger partial charge in [0.2, 0.25) is 0 Å². The van der Waals surface area contributed by atoms with Crippen LogP contribution in [-0.4, -0.2) is 9.97 Å². The number of halogens is 1. The molecule has 3 rings (SSSR count). The number of H-pyrrole nitrogens is 1. The van der Waals surface area contributed by atoms with Crippen LogP contribution in [0.15, 0.2) is 42.7 Å². The Labute approximate surface area is 116 Å². The van der Waals surface area contributed by atoms with Crippen molar-refractivity contribution in [1.82, 2.24) is 9.97 Å². The molecule has 0 aliphatic heterocycles. The third kappa shape index (κ3) is 2.42. The van der Waals surface area contributed by atoms with Crippen LogP contribution in [0.5, 0.6) is 0 Å². The van der Waals surface area contributed by atoms with E-state index in [4.69, 9.17) is 11.6 Å². The maximum absolute atomic E-state index is 6.08. The largest absolute Gasteiger partial charge is 0.378 e. The summed E-state index contributed by atoms with van der Waals surface area (Å²) in [6.45, 7) is 2.71. The summed E-state index contributed by atoms with van der Waals surface area (Å²) in [7, 11) is 0. The molecule has 2 N–H and O–H groups in total. The monoisotopic (exact) mass is 271 g/mol. The molecular formula is C15H14ClN3. The fourth-order valence-corrected chi connectivity index (χ4v) is 2.33. The van der Waals surface area contributed by atoms with Crippen molar-refractivity contribution in [2.45, 2.75) is 13.5 Å². The lowest BCUT2D eigenvalue weighted by Gasteiger charge is -2.09. The Kier molecular flexibility index (Phi) is 3.13. The van der Waals surface area contributed by atoms with E-state index in [0.29, 0.717) is 11.7 Å². The van der Waals surface area contributed by atoms with Crippen molar-refractivity contribution in [3.63, 3.8) is 0 Å². The minimum atomic E-state index is 0.504. The SMILES string of the molecule is Cc1cnc(Cl)c(NCc2cccc3cc[nH]c23)c1. The minimum Gasteiger partial charge on any atom is -0.378 e. The van der Waals surface area contributed by atoms with E-state index in [0.717, 1.165) is 16.8 Å². The zero-order valence-corrected chi connectivity index (χ0v) is 11.3. The van der Waals surface area contributed by atoms with E-state index < -0.39 is 0 Å². The Balaban J connectivity index is 1.86. The number of aromatic nitrogens is 2. The molecule has 0 radical (unpaired) electrons. The molecule has 0 bridgehead atoms. The number of aromatic amines is 1. The van der Waals surface area contributed by atoms with Gasteiger partial charge < -0.3 is 10.3 Å². The van der Waals surface area contributed by atoms with Crippen molar-refractivity contribution in [2.75, 3.05) is 5.32 Å². The highest BCUT2D eigenvalue weighted by molar-refractivity contribution is 6.31. The summed E-state index contributed by atoms with van der Waals surface area (Å²) in [5.74, 6) is 0. The van der Waals surface area contributed by atoms with Crippen molar-refractivity contribution in [3.8, 4) is 0 Å². The number of benzene rings is 1. The van der Waals surface area contributed by atoms with Crippen LogP contribution in [0.4, 0.5) is 5.69 Å². The number of hydrogen-bond donors (Lipinski definition) is 2. The van der Waals surface area contributed by atoms with Gasteiger partial charge in [-0.15, -0.1) is 0 Å². The third-order valence-electron chi connectivity index (χ3n) is 3.12. The van der Waals surface area contributed by atoms with E-state index in [1.807, 2.05) is 19.2 Å². The highest BCUT2D eigenvalue weighted by Crippen LogP contribution is 2.22. The summed E-state index contributed by atoms with van der Waals surface area (Å²) in [6.07, 6.45) is 3.72. The van der Waals surface area contributed by atoms with Gasteiger partial charge in [-0.2, -0.15) is 0 Å². The standard InChI is InChI=1S/C15H14ClN3/c1-10-7-13(15(16)19-8-10)18-9-12-4-2-3-11-5-6-17-14(11)12/h2-8,17-18H,9H2,1H3. The number of fused-ring (bicyclic) bond motifs is 1. The quantitative estimate of drug-likeness (QED) is 0.703. The van der Waals surface area contributed by atoms with Crippen LogP contribution in [0, 0.1) is 6.92 Å². The van der Waals surface area contributed by atoms with Gasteiger partial charge in [-0.1, -0.05) is 29.8 Å². The van der Waals surface area contributed by atoms with Gasteiger partial charge in [-0.25, -0.2) is 4.98 Å². The molecule has 0 amide bonds. The number of pyridine rings is 1. The van der Waals surface area contributed by atoms with Crippen LogP contribution < -0.4 is 5.32 Å². The van der Waals surface area contributed by atoms with Crippen molar-refractivity contribution >= 4 is 28.2 Å². The predicted octanol–water partition coefficient (Wildman–Crippen LogP) is 4.14. The molecule has 3 aromatic rings. The third-order valence-corrected chi connectivity index (χ3v) is 3.42. The molecule has 4 heteroatoms. The Bertz CT molecular complexity index is 718. The lowest BCUT2D eigenvalue weighted by atomic mass is 10.1. The fourth-order valence-electron chi connectivity index (χ4n) is 2.16. The Hall–Kier alpha value is -2.00. The molecule has 0 unspecified atom stereocenters. The average Bonchev–Trinajstić information content (AvgIpc) is 2.88. The normalized spacial score (nSPS) is 10.8. The maximum atomic E-state index is 6.08. The molecular weight excluding hydrogens is 258 g/mol. The molecule has 0 aliphatic carbocycles. The van der Waals surface area contributed by atoms with Crippen LogP contribution in [0.1, 0.15) is 11.1 Å². The van der Waals surface area contributed by atoms with E-state index in [-0.39, 0.29) is 0 Å². The number of nitrogens with one attached hydrogen (secondary N) is 2. The molecule has 19 heavy (non-hydrogen) atoms. The highest BCUT2D eigenvalue weighted by Gasteiger charge is 2.04. The van der Waals surface area contributed by atoms with Crippen LogP contribution >= 0.6 is 11.6 Å². The van der Waals surface area contributed by atoms with Crippen molar-refractivity contribution in [1.29, 1.82) is 0 Å². The van der Waals surface area contributed by atoms with Gasteiger partial charge in [0.1, 0.15) is 0 Å². The first-order valence-electron chi connectivity index (χ1n) is 6.15. The molecule has 0 fully saturated rings. The number of rotatable bonds is 3. The molecule has 3 nitrogen and oxygen atoms in total.